The van der Waals surface area contributed by atoms with Gasteiger partial charge in [0.1, 0.15) is 5.69 Å². The fourth-order valence-corrected chi connectivity index (χ4v) is 1.76. The lowest BCUT2D eigenvalue weighted by atomic mass is 10.1. The number of esters is 1. The van der Waals surface area contributed by atoms with Crippen LogP contribution in [0.2, 0.25) is 0 Å². The van der Waals surface area contributed by atoms with Crippen molar-refractivity contribution < 1.29 is 9.53 Å². The molecule has 1 aromatic carbocycles. The van der Waals surface area contributed by atoms with Gasteiger partial charge in [-0.05, 0) is 31.5 Å². The van der Waals surface area contributed by atoms with Crippen molar-refractivity contribution in [2.24, 2.45) is 0 Å². The third-order valence-electron chi connectivity index (χ3n) is 2.59. The zero-order valence-electron chi connectivity index (χ0n) is 9.36. The molecule has 4 heteroatoms. The van der Waals surface area contributed by atoms with Crippen LogP contribution >= 0.6 is 0 Å². The van der Waals surface area contributed by atoms with Crippen molar-refractivity contribution in [2.75, 3.05) is 12.4 Å². The van der Waals surface area contributed by atoms with E-state index in [9.17, 15) is 4.79 Å². The molecule has 0 spiro atoms. The number of rotatable bonds is 2. The van der Waals surface area contributed by atoms with Gasteiger partial charge in [0.15, 0.2) is 0 Å². The van der Waals surface area contributed by atoms with Crippen LogP contribution in [0, 0.1) is 6.92 Å². The number of nitrogens with two attached hydrogens (primary N) is 1. The summed E-state index contributed by atoms with van der Waals surface area (Å²) in [5, 5.41) is 0.980. The smallest absolute Gasteiger partial charge is 0.356 e. The highest BCUT2D eigenvalue weighted by Crippen LogP contribution is 2.21. The van der Waals surface area contributed by atoms with Crippen LogP contribution in [0.25, 0.3) is 10.9 Å². The highest BCUT2D eigenvalue weighted by atomic mass is 16.5. The maximum absolute atomic E-state index is 11.6. The van der Waals surface area contributed by atoms with Crippen molar-refractivity contribution >= 4 is 16.9 Å². The maximum atomic E-state index is 11.6. The van der Waals surface area contributed by atoms with E-state index in [-0.39, 0.29) is 5.97 Å². The Morgan fingerprint density at radius 3 is 2.88 bits per heavy atom. The second kappa shape index (κ2) is 3.89. The van der Waals surface area contributed by atoms with E-state index in [4.69, 9.17) is 10.6 Å². The number of benzene rings is 1. The SMILES string of the molecule is CCOC(=O)c1cc2c(C)cccc2n1N. The van der Waals surface area contributed by atoms with Crippen LogP contribution in [0.5, 0.6) is 0 Å². The predicted molar refractivity (Wildman–Crippen MR) is 62.8 cm³/mol. The Kier molecular flexibility index (Phi) is 2.56. The number of carbonyl (C=O) groups excluding carboxylic acids is 1. The highest BCUT2D eigenvalue weighted by Gasteiger charge is 2.15. The number of hydrogen-bond donors (Lipinski definition) is 1. The van der Waals surface area contributed by atoms with Crippen LogP contribution in [-0.4, -0.2) is 17.3 Å². The number of fused-ring (bicyclic) bond motifs is 1. The van der Waals surface area contributed by atoms with Gasteiger partial charge in [-0.1, -0.05) is 12.1 Å². The zero-order chi connectivity index (χ0) is 11.7. The normalized spacial score (nSPS) is 10.6. The molecule has 0 amide bonds. The quantitative estimate of drug-likeness (QED) is 0.618. The molecule has 0 aliphatic carbocycles. The lowest BCUT2D eigenvalue weighted by Crippen LogP contribution is -2.17. The molecule has 0 aliphatic rings. The standard InChI is InChI=1S/C12H14N2O2/c1-3-16-12(15)11-7-9-8(2)5-4-6-10(9)14(11)13/h4-7H,3,13H2,1-2H3. The molecule has 2 N–H and O–H groups in total. The first kappa shape index (κ1) is 10.5. The van der Waals surface area contributed by atoms with E-state index >= 15 is 0 Å². The van der Waals surface area contributed by atoms with Crippen LogP contribution in [-0.2, 0) is 4.74 Å². The average Bonchev–Trinajstić information content (AvgIpc) is 2.59. The van der Waals surface area contributed by atoms with Gasteiger partial charge in [-0.3, -0.25) is 4.68 Å². The van der Waals surface area contributed by atoms with Crippen molar-refractivity contribution in [3.8, 4) is 0 Å². The van der Waals surface area contributed by atoms with E-state index in [1.54, 1.807) is 13.0 Å². The molecule has 1 aromatic heterocycles. The van der Waals surface area contributed by atoms with Gasteiger partial charge in [0, 0.05) is 5.39 Å². The van der Waals surface area contributed by atoms with E-state index in [1.807, 2.05) is 25.1 Å². The minimum Gasteiger partial charge on any atom is -0.461 e. The molecule has 0 aliphatic heterocycles. The van der Waals surface area contributed by atoms with E-state index in [0.29, 0.717) is 12.3 Å². The number of nitrogens with zero attached hydrogens (tertiary/aromatic N) is 1. The van der Waals surface area contributed by atoms with Gasteiger partial charge in [-0.25, -0.2) is 4.79 Å². The molecule has 0 fully saturated rings. The number of aromatic nitrogens is 1. The summed E-state index contributed by atoms with van der Waals surface area (Å²) in [7, 11) is 0. The average molecular weight is 218 g/mol. The highest BCUT2D eigenvalue weighted by molar-refractivity contribution is 5.96. The molecule has 1 heterocycles. The van der Waals surface area contributed by atoms with Gasteiger partial charge >= 0.3 is 5.97 Å². The van der Waals surface area contributed by atoms with E-state index < -0.39 is 0 Å². The molecule has 2 rings (SSSR count). The third-order valence-corrected chi connectivity index (χ3v) is 2.59. The summed E-state index contributed by atoms with van der Waals surface area (Å²) < 4.78 is 6.31. The molecule has 0 bridgehead atoms. The molecule has 0 saturated carbocycles. The molecule has 4 nitrogen and oxygen atoms in total. The summed E-state index contributed by atoms with van der Waals surface area (Å²) in [5.41, 5.74) is 2.31. The van der Waals surface area contributed by atoms with Gasteiger partial charge in [0.05, 0.1) is 12.1 Å². The largest absolute Gasteiger partial charge is 0.461 e. The van der Waals surface area contributed by atoms with E-state index in [2.05, 4.69) is 0 Å². The Morgan fingerprint density at radius 1 is 1.50 bits per heavy atom. The Balaban J connectivity index is 2.60. The molecule has 0 unspecified atom stereocenters. The van der Waals surface area contributed by atoms with Crippen LogP contribution in [0.3, 0.4) is 0 Å². The molecule has 2 aromatic rings. The zero-order valence-corrected chi connectivity index (χ0v) is 9.36. The number of carbonyl (C=O) groups is 1. The summed E-state index contributed by atoms with van der Waals surface area (Å²) >= 11 is 0. The number of ether oxygens (including phenoxy) is 1. The third kappa shape index (κ3) is 1.52. The van der Waals surface area contributed by atoms with Gasteiger partial charge < -0.3 is 10.6 Å². The summed E-state index contributed by atoms with van der Waals surface area (Å²) in [6.07, 6.45) is 0. The fraction of sp³-hybridized carbons (Fsp3) is 0.250. The Morgan fingerprint density at radius 2 is 2.25 bits per heavy atom. The first-order valence-corrected chi connectivity index (χ1v) is 5.18. The molecular weight excluding hydrogens is 204 g/mol. The second-order valence-corrected chi connectivity index (χ2v) is 3.63. The van der Waals surface area contributed by atoms with E-state index in [0.717, 1.165) is 16.5 Å². The maximum Gasteiger partial charge on any atom is 0.356 e. The molecule has 16 heavy (non-hydrogen) atoms. The number of aryl methyl sites for hydroxylation is 1. The summed E-state index contributed by atoms with van der Waals surface area (Å²) in [6.45, 7) is 4.10. The lowest BCUT2D eigenvalue weighted by molar-refractivity contribution is 0.0517. The van der Waals surface area contributed by atoms with Crippen LogP contribution in [0.15, 0.2) is 24.3 Å². The molecule has 0 atom stereocenters. The Hall–Kier alpha value is -1.97. The molecule has 84 valence electrons. The van der Waals surface area contributed by atoms with Crippen LogP contribution in [0.4, 0.5) is 0 Å². The summed E-state index contributed by atoms with van der Waals surface area (Å²) in [5.74, 6) is 5.47. The van der Waals surface area contributed by atoms with Gasteiger partial charge in [0.25, 0.3) is 0 Å². The van der Waals surface area contributed by atoms with Crippen molar-refractivity contribution in [1.82, 2.24) is 4.68 Å². The van der Waals surface area contributed by atoms with Crippen LogP contribution in [0.1, 0.15) is 23.0 Å². The fourth-order valence-electron chi connectivity index (χ4n) is 1.76. The minimum atomic E-state index is -0.388. The van der Waals surface area contributed by atoms with E-state index in [1.165, 1.54) is 4.68 Å². The minimum absolute atomic E-state index is 0.347. The molecule has 0 saturated heterocycles. The van der Waals surface area contributed by atoms with Gasteiger partial charge in [-0.2, -0.15) is 0 Å². The monoisotopic (exact) mass is 218 g/mol. The molecule has 0 radical (unpaired) electrons. The number of hydrogen-bond acceptors (Lipinski definition) is 3. The Labute approximate surface area is 93.6 Å². The predicted octanol–water partition coefficient (Wildman–Crippen LogP) is 1.84. The van der Waals surface area contributed by atoms with Crippen LogP contribution < -0.4 is 5.84 Å². The van der Waals surface area contributed by atoms with Gasteiger partial charge in [-0.15, -0.1) is 0 Å². The first-order chi connectivity index (χ1) is 7.65. The van der Waals surface area contributed by atoms with Crippen molar-refractivity contribution in [1.29, 1.82) is 0 Å². The first-order valence-electron chi connectivity index (χ1n) is 5.18. The number of nitrogen functional groups attached to an aromatic ring is 1. The Bertz CT molecular complexity index is 543. The topological polar surface area (TPSA) is 57.2 Å². The second-order valence-electron chi connectivity index (χ2n) is 3.63. The lowest BCUT2D eigenvalue weighted by Gasteiger charge is -2.03. The molecular formula is C12H14N2O2. The van der Waals surface area contributed by atoms with Gasteiger partial charge in [0.2, 0.25) is 0 Å². The summed E-state index contributed by atoms with van der Waals surface area (Å²) in [4.78, 5) is 11.6. The van der Waals surface area contributed by atoms with Crippen molar-refractivity contribution in [3.05, 3.63) is 35.5 Å². The summed E-state index contributed by atoms with van der Waals surface area (Å²) in [6, 6.07) is 7.54. The van der Waals surface area contributed by atoms with Crippen molar-refractivity contribution in [2.45, 2.75) is 13.8 Å². The van der Waals surface area contributed by atoms with Crippen molar-refractivity contribution in [3.63, 3.8) is 0 Å².